The summed E-state index contributed by atoms with van der Waals surface area (Å²) in [5.74, 6) is -0.194. The predicted octanol–water partition coefficient (Wildman–Crippen LogP) is 1.96. The van der Waals surface area contributed by atoms with Gasteiger partial charge in [0.25, 0.3) is 5.91 Å². The van der Waals surface area contributed by atoms with Crippen molar-refractivity contribution in [2.75, 3.05) is 0 Å². The van der Waals surface area contributed by atoms with Gasteiger partial charge in [-0.3, -0.25) is 9.48 Å². The van der Waals surface area contributed by atoms with E-state index in [1.807, 2.05) is 51.1 Å². The minimum Gasteiger partial charge on any atom is -0.271 e. The number of hydrazone groups is 1. The molecule has 1 aromatic heterocycles. The number of benzene rings is 1. The molecule has 0 atom stereocenters. The summed E-state index contributed by atoms with van der Waals surface area (Å²) in [6, 6.07) is 9.83. The van der Waals surface area contributed by atoms with Crippen molar-refractivity contribution in [1.82, 2.24) is 15.2 Å². The average molecular weight is 270 g/mol. The third kappa shape index (κ3) is 3.78. The summed E-state index contributed by atoms with van der Waals surface area (Å²) in [6.07, 6.45) is 1.63. The van der Waals surface area contributed by atoms with E-state index >= 15 is 0 Å². The van der Waals surface area contributed by atoms with E-state index in [0.29, 0.717) is 0 Å². The Labute approximate surface area is 118 Å². The van der Waals surface area contributed by atoms with Crippen LogP contribution in [0.15, 0.2) is 35.4 Å². The van der Waals surface area contributed by atoms with Gasteiger partial charge in [-0.05, 0) is 32.4 Å². The molecule has 0 spiro atoms. The molecule has 0 aliphatic rings. The van der Waals surface area contributed by atoms with Crippen LogP contribution in [0.25, 0.3) is 0 Å². The summed E-state index contributed by atoms with van der Waals surface area (Å²) >= 11 is 0. The molecule has 2 aromatic rings. The third-order valence-electron chi connectivity index (χ3n) is 2.84. The number of hydrogen-bond donors (Lipinski definition) is 1. The molecule has 1 heterocycles. The summed E-state index contributed by atoms with van der Waals surface area (Å²) in [5, 5.41) is 8.18. The lowest BCUT2D eigenvalue weighted by atomic mass is 10.2. The highest BCUT2D eigenvalue weighted by molar-refractivity contribution is 5.82. The number of rotatable bonds is 4. The van der Waals surface area contributed by atoms with E-state index in [9.17, 15) is 4.79 Å². The lowest BCUT2D eigenvalue weighted by molar-refractivity contribution is -0.121. The van der Waals surface area contributed by atoms with Gasteiger partial charge >= 0.3 is 0 Å². The highest BCUT2D eigenvalue weighted by Crippen LogP contribution is 2.02. The molecule has 0 bridgehead atoms. The van der Waals surface area contributed by atoms with Crippen LogP contribution in [-0.4, -0.2) is 21.9 Å². The first-order valence-electron chi connectivity index (χ1n) is 6.44. The van der Waals surface area contributed by atoms with E-state index in [1.165, 1.54) is 0 Å². The predicted molar refractivity (Wildman–Crippen MR) is 78.6 cm³/mol. The van der Waals surface area contributed by atoms with Crippen LogP contribution < -0.4 is 5.43 Å². The van der Waals surface area contributed by atoms with E-state index in [4.69, 9.17) is 0 Å². The first kappa shape index (κ1) is 14.0. The molecule has 0 aliphatic carbocycles. The average Bonchev–Trinajstić information content (AvgIpc) is 2.68. The zero-order chi connectivity index (χ0) is 14.5. The van der Waals surface area contributed by atoms with Crippen molar-refractivity contribution in [3.63, 3.8) is 0 Å². The van der Waals surface area contributed by atoms with Gasteiger partial charge in [-0.15, -0.1) is 0 Å². The zero-order valence-corrected chi connectivity index (χ0v) is 11.9. The summed E-state index contributed by atoms with van der Waals surface area (Å²) in [4.78, 5) is 11.7. The Morgan fingerprint density at radius 1 is 1.35 bits per heavy atom. The monoisotopic (exact) mass is 270 g/mol. The first-order chi connectivity index (χ1) is 9.54. The maximum Gasteiger partial charge on any atom is 0.261 e. The lowest BCUT2D eigenvalue weighted by Crippen LogP contribution is -2.24. The topological polar surface area (TPSA) is 59.3 Å². The fraction of sp³-hybridized carbons (Fsp3) is 0.267. The number of aromatic nitrogens is 2. The van der Waals surface area contributed by atoms with Gasteiger partial charge < -0.3 is 0 Å². The lowest BCUT2D eigenvalue weighted by Gasteiger charge is -2.02. The summed E-state index contributed by atoms with van der Waals surface area (Å²) in [5.41, 5.74) is 6.48. The van der Waals surface area contributed by atoms with Crippen LogP contribution in [0.1, 0.15) is 22.5 Å². The van der Waals surface area contributed by atoms with Gasteiger partial charge in [0.1, 0.15) is 6.54 Å². The van der Waals surface area contributed by atoms with Crippen LogP contribution in [0.2, 0.25) is 0 Å². The fourth-order valence-corrected chi connectivity index (χ4v) is 1.94. The molecule has 1 aromatic carbocycles. The molecule has 1 amide bonds. The molecule has 0 aliphatic heterocycles. The van der Waals surface area contributed by atoms with Crippen molar-refractivity contribution in [2.45, 2.75) is 27.3 Å². The molecule has 5 nitrogen and oxygen atoms in total. The Bertz CT molecular complexity index is 643. The Morgan fingerprint density at radius 3 is 2.80 bits per heavy atom. The van der Waals surface area contributed by atoms with Crippen molar-refractivity contribution in [3.8, 4) is 0 Å². The highest BCUT2D eigenvalue weighted by Gasteiger charge is 2.05. The van der Waals surface area contributed by atoms with E-state index < -0.39 is 0 Å². The van der Waals surface area contributed by atoms with E-state index in [0.717, 1.165) is 22.5 Å². The van der Waals surface area contributed by atoms with Gasteiger partial charge in [0.2, 0.25) is 0 Å². The molecule has 0 saturated carbocycles. The quantitative estimate of drug-likeness (QED) is 0.682. The second-order valence-electron chi connectivity index (χ2n) is 4.79. The molecule has 0 unspecified atom stereocenters. The number of carbonyl (C=O) groups is 1. The molecule has 104 valence electrons. The van der Waals surface area contributed by atoms with Crippen molar-refractivity contribution in [3.05, 3.63) is 52.8 Å². The smallest absolute Gasteiger partial charge is 0.261 e. The number of hydrogen-bond acceptors (Lipinski definition) is 3. The van der Waals surface area contributed by atoms with Gasteiger partial charge in [-0.2, -0.15) is 10.2 Å². The highest BCUT2D eigenvalue weighted by atomic mass is 16.2. The molecular weight excluding hydrogens is 252 g/mol. The van der Waals surface area contributed by atoms with Crippen LogP contribution in [0.5, 0.6) is 0 Å². The largest absolute Gasteiger partial charge is 0.271 e. The molecule has 2 rings (SSSR count). The Balaban J connectivity index is 1.91. The maximum atomic E-state index is 11.7. The second kappa shape index (κ2) is 6.14. The summed E-state index contributed by atoms with van der Waals surface area (Å²) < 4.78 is 1.66. The summed E-state index contributed by atoms with van der Waals surface area (Å²) in [6.45, 7) is 6.00. The van der Waals surface area contributed by atoms with Crippen molar-refractivity contribution in [1.29, 1.82) is 0 Å². The van der Waals surface area contributed by atoms with Gasteiger partial charge in [-0.25, -0.2) is 5.43 Å². The Kier molecular flexibility index (Phi) is 4.30. The molecule has 0 saturated heterocycles. The number of aryl methyl sites for hydroxylation is 3. The van der Waals surface area contributed by atoms with E-state index in [1.54, 1.807) is 10.9 Å². The van der Waals surface area contributed by atoms with E-state index in [2.05, 4.69) is 15.6 Å². The first-order valence-corrected chi connectivity index (χ1v) is 6.44. The zero-order valence-electron chi connectivity index (χ0n) is 11.9. The summed E-state index contributed by atoms with van der Waals surface area (Å²) in [7, 11) is 0. The minimum absolute atomic E-state index is 0.171. The number of amides is 1. The Hall–Kier alpha value is -2.43. The molecule has 0 radical (unpaired) electrons. The number of nitrogens with one attached hydrogen (secondary N) is 1. The van der Waals surface area contributed by atoms with Crippen LogP contribution in [0.4, 0.5) is 0 Å². The molecule has 1 N–H and O–H groups in total. The maximum absolute atomic E-state index is 11.7. The van der Waals surface area contributed by atoms with Crippen LogP contribution in [-0.2, 0) is 11.3 Å². The molecule has 0 fully saturated rings. The van der Waals surface area contributed by atoms with Gasteiger partial charge in [0.05, 0.1) is 11.9 Å². The van der Waals surface area contributed by atoms with Crippen LogP contribution in [0.3, 0.4) is 0 Å². The molecule has 20 heavy (non-hydrogen) atoms. The minimum atomic E-state index is -0.194. The van der Waals surface area contributed by atoms with Crippen LogP contribution in [0, 0.1) is 20.8 Å². The van der Waals surface area contributed by atoms with Crippen LogP contribution >= 0.6 is 0 Å². The standard InChI is InChI=1S/C15H18N4O/c1-11-5-4-6-14(7-11)9-16-17-15(20)10-19-13(3)8-12(2)18-19/h4-9H,10H2,1-3H3,(H,17,20)/b16-9+. The van der Waals surface area contributed by atoms with Gasteiger partial charge in [0.15, 0.2) is 0 Å². The SMILES string of the molecule is Cc1cccc(/C=N/NC(=O)Cn2nc(C)cc2C)c1. The third-order valence-corrected chi connectivity index (χ3v) is 2.84. The van der Waals surface area contributed by atoms with Gasteiger partial charge in [-0.1, -0.05) is 29.8 Å². The molecule has 5 heteroatoms. The Morgan fingerprint density at radius 2 is 2.15 bits per heavy atom. The van der Waals surface area contributed by atoms with Crippen molar-refractivity contribution >= 4 is 12.1 Å². The van der Waals surface area contributed by atoms with Gasteiger partial charge in [0, 0.05) is 5.69 Å². The number of carbonyl (C=O) groups excluding carboxylic acids is 1. The number of nitrogens with zero attached hydrogens (tertiary/aromatic N) is 3. The van der Waals surface area contributed by atoms with Crippen molar-refractivity contribution in [2.24, 2.45) is 5.10 Å². The molecular formula is C15H18N4O. The van der Waals surface area contributed by atoms with E-state index in [-0.39, 0.29) is 12.5 Å². The normalized spacial score (nSPS) is 10.9. The fourth-order valence-electron chi connectivity index (χ4n) is 1.94. The van der Waals surface area contributed by atoms with Crippen molar-refractivity contribution < 1.29 is 4.79 Å². The second-order valence-corrected chi connectivity index (χ2v) is 4.79.